The van der Waals surface area contributed by atoms with E-state index in [2.05, 4.69) is 37.0 Å². The van der Waals surface area contributed by atoms with Gasteiger partial charge in [-0.15, -0.1) is 0 Å². The first kappa shape index (κ1) is 10.7. The van der Waals surface area contributed by atoms with Crippen molar-refractivity contribution in [1.82, 2.24) is 0 Å². The van der Waals surface area contributed by atoms with Crippen molar-refractivity contribution in [1.29, 1.82) is 0 Å². The minimum atomic E-state index is -0.305. The third kappa shape index (κ3) is 2.28. The fraction of sp³-hybridized carbons (Fsp3) is 0.125. The quantitative estimate of drug-likeness (QED) is 0.388. The number of halogens is 3. The van der Waals surface area contributed by atoms with Gasteiger partial charge in [0.25, 0.3) is 0 Å². The molecule has 13 heavy (non-hydrogen) atoms. The molecule has 0 saturated heterocycles. The molecule has 0 atom stereocenters. The van der Waals surface area contributed by atoms with E-state index in [1.165, 1.54) is 6.21 Å². The number of nitrogens with zero attached hydrogens (tertiary/aromatic N) is 1. The fourth-order valence-corrected chi connectivity index (χ4v) is 2.29. The van der Waals surface area contributed by atoms with Crippen LogP contribution in [0.2, 0.25) is 0 Å². The summed E-state index contributed by atoms with van der Waals surface area (Å²) in [7, 11) is 0. The van der Waals surface area contributed by atoms with Crippen molar-refractivity contribution in [3.8, 4) is 0 Å². The lowest BCUT2D eigenvalue weighted by molar-refractivity contribution is 0.614. The van der Waals surface area contributed by atoms with Gasteiger partial charge < -0.3 is 5.84 Å². The van der Waals surface area contributed by atoms with Crippen LogP contribution >= 0.6 is 31.9 Å². The second-order valence-electron chi connectivity index (χ2n) is 2.34. The number of benzene rings is 1. The van der Waals surface area contributed by atoms with Gasteiger partial charge in [-0.3, -0.25) is 0 Å². The summed E-state index contributed by atoms with van der Waals surface area (Å²) in [4.78, 5) is 0. The summed E-state index contributed by atoms with van der Waals surface area (Å²) in [6.45, 7) is 0. The zero-order chi connectivity index (χ0) is 9.84. The van der Waals surface area contributed by atoms with Crippen molar-refractivity contribution >= 4 is 38.1 Å². The number of alkyl halides is 1. The molecule has 0 unspecified atom stereocenters. The van der Waals surface area contributed by atoms with Crippen molar-refractivity contribution < 1.29 is 4.39 Å². The monoisotopic (exact) mass is 308 g/mol. The Balaban J connectivity index is 3.27. The molecule has 0 aliphatic heterocycles. The first-order chi connectivity index (χ1) is 6.20. The van der Waals surface area contributed by atoms with Gasteiger partial charge in [-0.2, -0.15) is 5.10 Å². The van der Waals surface area contributed by atoms with Gasteiger partial charge in [0.15, 0.2) is 0 Å². The van der Waals surface area contributed by atoms with E-state index in [0.29, 0.717) is 16.5 Å². The summed E-state index contributed by atoms with van der Waals surface area (Å²) in [5.41, 5.74) is 0.956. The normalized spacial score (nSPS) is 11.0. The van der Waals surface area contributed by atoms with Gasteiger partial charge in [0.2, 0.25) is 0 Å². The van der Waals surface area contributed by atoms with Gasteiger partial charge in [-0.05, 0) is 12.1 Å². The Morgan fingerprint density at radius 2 is 2.23 bits per heavy atom. The molecule has 1 aromatic rings. The van der Waals surface area contributed by atoms with Crippen molar-refractivity contribution in [2.75, 3.05) is 0 Å². The van der Waals surface area contributed by atoms with Gasteiger partial charge in [-0.1, -0.05) is 31.9 Å². The summed E-state index contributed by atoms with van der Waals surface area (Å²) in [5, 5.41) is 3.73. The molecular weight excluding hydrogens is 303 g/mol. The molecule has 70 valence electrons. The van der Waals surface area contributed by atoms with E-state index in [4.69, 9.17) is 5.84 Å². The standard InChI is InChI=1S/C8H7Br2FN2/c9-3-6-7(10)2-1-5(4-13-12)8(6)11/h1-2,4H,3,12H2. The molecule has 0 saturated carbocycles. The molecule has 2 nitrogen and oxygen atoms in total. The van der Waals surface area contributed by atoms with Gasteiger partial charge in [0.1, 0.15) is 5.82 Å². The number of nitrogens with two attached hydrogens (primary N) is 1. The van der Waals surface area contributed by atoms with E-state index in [1.807, 2.05) is 0 Å². The number of hydrogen-bond donors (Lipinski definition) is 1. The van der Waals surface area contributed by atoms with Crippen LogP contribution in [0.1, 0.15) is 11.1 Å². The smallest absolute Gasteiger partial charge is 0.137 e. The van der Waals surface area contributed by atoms with Crippen molar-refractivity contribution in [3.63, 3.8) is 0 Å². The Hall–Kier alpha value is -0.420. The molecule has 0 aliphatic rings. The van der Waals surface area contributed by atoms with Crippen LogP contribution in [0.15, 0.2) is 21.7 Å². The van der Waals surface area contributed by atoms with Gasteiger partial charge in [0.05, 0.1) is 6.21 Å². The first-order valence-electron chi connectivity index (χ1n) is 3.46. The minimum absolute atomic E-state index is 0.305. The molecule has 0 fully saturated rings. The second-order valence-corrected chi connectivity index (χ2v) is 3.76. The van der Waals surface area contributed by atoms with E-state index < -0.39 is 0 Å². The van der Waals surface area contributed by atoms with Crippen LogP contribution in [0.4, 0.5) is 4.39 Å². The largest absolute Gasteiger partial charge is 0.323 e. The molecule has 0 bridgehead atoms. The highest BCUT2D eigenvalue weighted by Crippen LogP contribution is 2.24. The number of hydrazone groups is 1. The van der Waals surface area contributed by atoms with Crippen LogP contribution in [-0.4, -0.2) is 6.21 Å². The lowest BCUT2D eigenvalue weighted by atomic mass is 10.1. The van der Waals surface area contributed by atoms with Gasteiger partial charge in [0, 0.05) is 20.9 Å². The van der Waals surface area contributed by atoms with Crippen LogP contribution in [0.5, 0.6) is 0 Å². The lowest BCUT2D eigenvalue weighted by Gasteiger charge is -2.04. The maximum Gasteiger partial charge on any atom is 0.137 e. The average Bonchev–Trinajstić information content (AvgIpc) is 2.11. The highest BCUT2D eigenvalue weighted by atomic mass is 79.9. The van der Waals surface area contributed by atoms with E-state index >= 15 is 0 Å². The zero-order valence-corrected chi connectivity index (χ0v) is 9.77. The van der Waals surface area contributed by atoms with Crippen molar-refractivity contribution in [2.45, 2.75) is 5.33 Å². The van der Waals surface area contributed by atoms with Gasteiger partial charge >= 0.3 is 0 Å². The SMILES string of the molecule is NN=Cc1ccc(Br)c(CBr)c1F. The zero-order valence-electron chi connectivity index (χ0n) is 6.60. The van der Waals surface area contributed by atoms with Crippen LogP contribution in [0.25, 0.3) is 0 Å². The first-order valence-corrected chi connectivity index (χ1v) is 5.38. The Kier molecular flexibility index (Phi) is 3.87. The van der Waals surface area contributed by atoms with Crippen LogP contribution in [-0.2, 0) is 5.33 Å². The average molecular weight is 310 g/mol. The third-order valence-corrected chi connectivity index (χ3v) is 2.87. The molecule has 2 N–H and O–H groups in total. The van der Waals surface area contributed by atoms with E-state index in [-0.39, 0.29) is 5.82 Å². The third-order valence-electron chi connectivity index (χ3n) is 1.56. The molecule has 0 aliphatic carbocycles. The molecule has 1 rings (SSSR count). The van der Waals surface area contributed by atoms with Crippen molar-refractivity contribution in [3.05, 3.63) is 33.5 Å². The molecule has 0 amide bonds. The summed E-state index contributed by atoms with van der Waals surface area (Å²) < 4.78 is 14.2. The van der Waals surface area contributed by atoms with E-state index in [1.54, 1.807) is 12.1 Å². The minimum Gasteiger partial charge on any atom is -0.323 e. The molecule has 0 aromatic heterocycles. The van der Waals surface area contributed by atoms with Crippen LogP contribution < -0.4 is 5.84 Å². The summed E-state index contributed by atoms with van der Waals surface area (Å²) in [6.07, 6.45) is 1.29. The predicted octanol–water partition coefficient (Wildman–Crippen LogP) is 2.78. The molecule has 0 spiro atoms. The summed E-state index contributed by atoms with van der Waals surface area (Å²) in [5.74, 6) is 4.63. The molecular formula is C8H7Br2FN2. The number of hydrogen-bond acceptors (Lipinski definition) is 2. The highest BCUT2D eigenvalue weighted by molar-refractivity contribution is 9.10. The maximum atomic E-state index is 13.5. The lowest BCUT2D eigenvalue weighted by Crippen LogP contribution is -1.96. The van der Waals surface area contributed by atoms with E-state index in [0.717, 1.165) is 4.47 Å². The van der Waals surface area contributed by atoms with Crippen molar-refractivity contribution in [2.24, 2.45) is 10.9 Å². The molecule has 0 radical (unpaired) electrons. The Bertz CT molecular complexity index is 339. The molecule has 1 aromatic carbocycles. The second kappa shape index (κ2) is 4.72. The van der Waals surface area contributed by atoms with Gasteiger partial charge in [-0.25, -0.2) is 4.39 Å². The summed E-state index contributed by atoms with van der Waals surface area (Å²) in [6, 6.07) is 3.37. The highest BCUT2D eigenvalue weighted by Gasteiger charge is 2.09. The maximum absolute atomic E-state index is 13.5. The summed E-state index contributed by atoms with van der Waals surface area (Å²) >= 11 is 6.45. The molecule has 0 heterocycles. The Morgan fingerprint density at radius 1 is 1.54 bits per heavy atom. The fourth-order valence-electron chi connectivity index (χ4n) is 0.918. The predicted molar refractivity (Wildman–Crippen MR) is 58.5 cm³/mol. The Morgan fingerprint density at radius 3 is 2.77 bits per heavy atom. The molecule has 5 heteroatoms. The van der Waals surface area contributed by atoms with Crippen LogP contribution in [0.3, 0.4) is 0 Å². The Labute approximate surface area is 92.3 Å². The number of rotatable bonds is 2. The van der Waals surface area contributed by atoms with E-state index in [9.17, 15) is 4.39 Å². The van der Waals surface area contributed by atoms with Crippen LogP contribution in [0, 0.1) is 5.82 Å². The topological polar surface area (TPSA) is 38.4 Å².